The lowest BCUT2D eigenvalue weighted by atomic mass is 10.3. The Morgan fingerprint density at radius 3 is 3.14 bits per heavy atom. The average Bonchev–Trinajstić information content (AvgIpc) is 2.28. The summed E-state index contributed by atoms with van der Waals surface area (Å²) in [6.07, 6.45) is 1.57. The maximum absolute atomic E-state index is 11.7. The molecule has 1 aromatic heterocycles. The molecular formula is C9H11N3O2. The molecule has 2 heterocycles. The maximum atomic E-state index is 11.7. The van der Waals surface area contributed by atoms with E-state index < -0.39 is 0 Å². The van der Waals surface area contributed by atoms with Crippen molar-refractivity contribution in [1.82, 2.24) is 14.9 Å². The zero-order valence-electron chi connectivity index (χ0n) is 8.15. The standard InChI is InChI=1S/C9H11N3O2/c1-6-5-10-7-8(11-6)14-4-3-12(2)9(7)13/h5H,3-4H2,1-2H3. The molecule has 74 valence electrons. The first-order valence-corrected chi connectivity index (χ1v) is 4.40. The molecule has 5 nitrogen and oxygen atoms in total. The van der Waals surface area contributed by atoms with Gasteiger partial charge in [0.15, 0.2) is 5.69 Å². The minimum Gasteiger partial charge on any atom is -0.474 e. The predicted molar refractivity (Wildman–Crippen MR) is 49.2 cm³/mol. The minimum atomic E-state index is -0.134. The Balaban J connectivity index is 2.48. The first kappa shape index (κ1) is 8.93. The van der Waals surface area contributed by atoms with E-state index in [4.69, 9.17) is 4.74 Å². The van der Waals surface area contributed by atoms with Crippen LogP contribution in [0, 0.1) is 6.92 Å². The van der Waals surface area contributed by atoms with E-state index in [1.165, 1.54) is 0 Å². The molecule has 0 radical (unpaired) electrons. The number of likely N-dealkylation sites (N-methyl/N-ethyl adjacent to an activating group) is 1. The summed E-state index contributed by atoms with van der Waals surface area (Å²) >= 11 is 0. The first-order chi connectivity index (χ1) is 6.68. The van der Waals surface area contributed by atoms with Crippen molar-refractivity contribution in [3.05, 3.63) is 17.6 Å². The number of nitrogens with zero attached hydrogens (tertiary/aromatic N) is 3. The van der Waals surface area contributed by atoms with Crippen molar-refractivity contribution in [2.24, 2.45) is 0 Å². The fraction of sp³-hybridized carbons (Fsp3) is 0.444. The highest BCUT2D eigenvalue weighted by atomic mass is 16.5. The fourth-order valence-electron chi connectivity index (χ4n) is 1.26. The second kappa shape index (κ2) is 3.25. The Morgan fingerprint density at radius 1 is 1.57 bits per heavy atom. The van der Waals surface area contributed by atoms with Crippen molar-refractivity contribution in [2.75, 3.05) is 20.2 Å². The minimum absolute atomic E-state index is 0.134. The van der Waals surface area contributed by atoms with E-state index in [0.717, 1.165) is 5.69 Å². The van der Waals surface area contributed by atoms with E-state index in [-0.39, 0.29) is 5.91 Å². The topological polar surface area (TPSA) is 55.3 Å². The van der Waals surface area contributed by atoms with Crippen LogP contribution < -0.4 is 4.74 Å². The number of hydrogen-bond donors (Lipinski definition) is 0. The van der Waals surface area contributed by atoms with Crippen LogP contribution in [0.2, 0.25) is 0 Å². The van der Waals surface area contributed by atoms with Gasteiger partial charge in [-0.3, -0.25) is 4.79 Å². The van der Waals surface area contributed by atoms with Crippen molar-refractivity contribution >= 4 is 5.91 Å². The molecule has 0 aromatic carbocycles. The lowest BCUT2D eigenvalue weighted by Gasteiger charge is -2.11. The number of hydrogen-bond acceptors (Lipinski definition) is 4. The van der Waals surface area contributed by atoms with Gasteiger partial charge in [-0.2, -0.15) is 0 Å². The van der Waals surface area contributed by atoms with Gasteiger partial charge in [0.25, 0.3) is 5.91 Å². The summed E-state index contributed by atoms with van der Waals surface area (Å²) in [5, 5.41) is 0. The third-order valence-electron chi connectivity index (χ3n) is 2.08. The molecule has 0 saturated carbocycles. The molecule has 0 N–H and O–H groups in total. The molecule has 0 spiro atoms. The van der Waals surface area contributed by atoms with Gasteiger partial charge in [-0.1, -0.05) is 0 Å². The average molecular weight is 193 g/mol. The molecule has 1 aliphatic rings. The number of carbonyl (C=O) groups excluding carboxylic acids is 1. The van der Waals surface area contributed by atoms with Crippen molar-refractivity contribution in [3.8, 4) is 5.88 Å². The Morgan fingerprint density at radius 2 is 2.36 bits per heavy atom. The quantitative estimate of drug-likeness (QED) is 0.592. The molecule has 0 saturated heterocycles. The predicted octanol–water partition coefficient (Wildman–Crippen LogP) is 0.249. The smallest absolute Gasteiger partial charge is 0.277 e. The van der Waals surface area contributed by atoms with Crippen LogP contribution >= 0.6 is 0 Å². The van der Waals surface area contributed by atoms with Crippen molar-refractivity contribution in [2.45, 2.75) is 6.92 Å². The van der Waals surface area contributed by atoms with E-state index >= 15 is 0 Å². The van der Waals surface area contributed by atoms with E-state index in [1.54, 1.807) is 18.1 Å². The van der Waals surface area contributed by atoms with Gasteiger partial charge in [-0.05, 0) is 6.92 Å². The van der Waals surface area contributed by atoms with E-state index in [9.17, 15) is 4.79 Å². The molecule has 1 aliphatic heterocycles. The number of ether oxygens (including phenoxy) is 1. The Bertz CT molecular complexity index is 378. The van der Waals surface area contributed by atoms with Gasteiger partial charge in [-0.25, -0.2) is 9.97 Å². The van der Waals surface area contributed by atoms with Gasteiger partial charge in [-0.15, -0.1) is 0 Å². The number of aromatic nitrogens is 2. The number of carbonyl (C=O) groups is 1. The summed E-state index contributed by atoms with van der Waals surface area (Å²) < 4.78 is 5.33. The molecule has 14 heavy (non-hydrogen) atoms. The highest BCUT2D eigenvalue weighted by Gasteiger charge is 2.23. The number of aryl methyl sites for hydroxylation is 1. The second-order valence-electron chi connectivity index (χ2n) is 3.24. The normalized spacial score (nSPS) is 15.9. The third kappa shape index (κ3) is 1.41. The molecule has 0 atom stereocenters. The van der Waals surface area contributed by atoms with Crippen LogP contribution in [-0.4, -0.2) is 41.0 Å². The summed E-state index contributed by atoms with van der Waals surface area (Å²) in [7, 11) is 1.72. The summed E-state index contributed by atoms with van der Waals surface area (Å²) in [5.74, 6) is 0.212. The van der Waals surface area contributed by atoms with Crippen LogP contribution in [0.25, 0.3) is 0 Å². The number of amides is 1. The highest BCUT2D eigenvalue weighted by Crippen LogP contribution is 2.17. The first-order valence-electron chi connectivity index (χ1n) is 4.40. The van der Waals surface area contributed by atoms with Crippen molar-refractivity contribution in [3.63, 3.8) is 0 Å². The molecule has 0 bridgehead atoms. The number of fused-ring (bicyclic) bond motifs is 1. The van der Waals surface area contributed by atoms with Gasteiger partial charge in [0.05, 0.1) is 12.2 Å². The highest BCUT2D eigenvalue weighted by molar-refractivity contribution is 5.94. The van der Waals surface area contributed by atoms with E-state index in [2.05, 4.69) is 9.97 Å². The summed E-state index contributed by atoms with van der Waals surface area (Å²) in [4.78, 5) is 21.4. The zero-order valence-corrected chi connectivity index (χ0v) is 8.15. The lowest BCUT2D eigenvalue weighted by molar-refractivity contribution is 0.0792. The summed E-state index contributed by atoms with van der Waals surface area (Å²) in [5.41, 5.74) is 1.05. The molecule has 0 fully saturated rings. The molecule has 1 aromatic rings. The van der Waals surface area contributed by atoms with Gasteiger partial charge in [0.1, 0.15) is 6.61 Å². The van der Waals surface area contributed by atoms with Crippen LogP contribution in [0.5, 0.6) is 5.88 Å². The number of rotatable bonds is 0. The monoisotopic (exact) mass is 193 g/mol. The Hall–Kier alpha value is -1.65. The molecule has 1 amide bonds. The molecule has 2 rings (SSSR count). The Kier molecular flexibility index (Phi) is 2.07. The molecule has 0 aliphatic carbocycles. The fourth-order valence-corrected chi connectivity index (χ4v) is 1.26. The van der Waals surface area contributed by atoms with Gasteiger partial charge < -0.3 is 9.64 Å². The molecule has 0 unspecified atom stereocenters. The van der Waals surface area contributed by atoms with Crippen LogP contribution in [0.1, 0.15) is 16.2 Å². The summed E-state index contributed by atoms with van der Waals surface area (Å²) in [6, 6.07) is 0. The Labute approximate surface area is 81.7 Å². The van der Waals surface area contributed by atoms with Crippen LogP contribution in [0.15, 0.2) is 6.20 Å². The maximum Gasteiger partial charge on any atom is 0.277 e. The van der Waals surface area contributed by atoms with Gasteiger partial charge >= 0.3 is 0 Å². The largest absolute Gasteiger partial charge is 0.474 e. The van der Waals surface area contributed by atoms with Crippen molar-refractivity contribution in [1.29, 1.82) is 0 Å². The summed E-state index contributed by atoms with van der Waals surface area (Å²) in [6.45, 7) is 2.85. The van der Waals surface area contributed by atoms with E-state index in [1.807, 2.05) is 6.92 Å². The van der Waals surface area contributed by atoms with Crippen LogP contribution in [-0.2, 0) is 0 Å². The van der Waals surface area contributed by atoms with E-state index in [0.29, 0.717) is 24.7 Å². The molecule has 5 heteroatoms. The molecular weight excluding hydrogens is 182 g/mol. The van der Waals surface area contributed by atoms with Gasteiger partial charge in [0.2, 0.25) is 5.88 Å². The van der Waals surface area contributed by atoms with Gasteiger partial charge in [0, 0.05) is 13.2 Å². The van der Waals surface area contributed by atoms with Crippen LogP contribution in [0.3, 0.4) is 0 Å². The SMILES string of the molecule is Cc1cnc2c(n1)OCCN(C)C2=O. The zero-order chi connectivity index (χ0) is 10.1. The lowest BCUT2D eigenvalue weighted by Crippen LogP contribution is -2.28. The van der Waals surface area contributed by atoms with Crippen molar-refractivity contribution < 1.29 is 9.53 Å². The second-order valence-corrected chi connectivity index (χ2v) is 3.24. The third-order valence-corrected chi connectivity index (χ3v) is 2.08. The van der Waals surface area contributed by atoms with Crippen LogP contribution in [0.4, 0.5) is 0 Å².